The summed E-state index contributed by atoms with van der Waals surface area (Å²) in [5.74, 6) is 0.706. The Labute approximate surface area is 172 Å². The number of amides is 4. The second-order valence-corrected chi connectivity index (χ2v) is 8.21. The number of nitrogens with one attached hydrogen (secondary N) is 3. The Hall–Kier alpha value is -2.88. The number of aromatic nitrogens is 3. The largest absolute Gasteiger partial charge is 0.335 e. The van der Waals surface area contributed by atoms with Crippen molar-refractivity contribution in [3.05, 3.63) is 30.1 Å². The lowest BCUT2D eigenvalue weighted by Gasteiger charge is -2.12. The Balaban J connectivity index is 1.48. The smallest absolute Gasteiger partial charge is 0.321 e. The van der Waals surface area contributed by atoms with Crippen LogP contribution in [0.1, 0.15) is 44.3 Å². The molecule has 9 nitrogen and oxygen atoms in total. The van der Waals surface area contributed by atoms with Crippen molar-refractivity contribution < 1.29 is 14.4 Å². The molecule has 2 aliphatic rings. The molecule has 4 amide bonds. The first-order valence-corrected chi connectivity index (χ1v) is 10.5. The van der Waals surface area contributed by atoms with Gasteiger partial charge in [-0.1, -0.05) is 17.8 Å². The molecular weight excluding hydrogens is 392 g/mol. The van der Waals surface area contributed by atoms with Crippen molar-refractivity contribution in [2.75, 3.05) is 11.1 Å². The van der Waals surface area contributed by atoms with Crippen LogP contribution in [0.5, 0.6) is 0 Å². The zero-order valence-corrected chi connectivity index (χ0v) is 16.8. The van der Waals surface area contributed by atoms with Gasteiger partial charge in [-0.25, -0.2) is 4.79 Å². The molecule has 1 aromatic heterocycles. The fraction of sp³-hybridized carbons (Fsp3) is 0.421. The lowest BCUT2D eigenvalue weighted by atomic mass is 10.2. The molecule has 1 aromatic carbocycles. The number of nitrogens with zero attached hydrogens (tertiary/aromatic N) is 3. The monoisotopic (exact) mass is 414 g/mol. The van der Waals surface area contributed by atoms with Crippen LogP contribution in [-0.2, 0) is 9.59 Å². The molecule has 0 radical (unpaired) electrons. The van der Waals surface area contributed by atoms with Crippen LogP contribution >= 0.6 is 11.8 Å². The maximum atomic E-state index is 12.1. The zero-order valence-electron chi connectivity index (χ0n) is 16.0. The van der Waals surface area contributed by atoms with Crippen LogP contribution < -0.4 is 16.0 Å². The molecule has 3 N–H and O–H groups in total. The number of anilines is 1. The molecule has 0 bridgehead atoms. The first-order valence-electron chi connectivity index (χ1n) is 9.56. The molecule has 4 rings (SSSR count). The predicted molar refractivity (Wildman–Crippen MR) is 108 cm³/mol. The Morgan fingerprint density at radius 2 is 1.97 bits per heavy atom. The molecule has 2 aliphatic carbocycles. The second-order valence-electron chi connectivity index (χ2n) is 7.27. The van der Waals surface area contributed by atoms with E-state index in [-0.39, 0.29) is 23.6 Å². The number of imide groups is 1. The van der Waals surface area contributed by atoms with Crippen LogP contribution in [0, 0.1) is 0 Å². The van der Waals surface area contributed by atoms with E-state index < -0.39 is 6.03 Å². The van der Waals surface area contributed by atoms with Crippen molar-refractivity contribution in [3.63, 3.8) is 0 Å². The van der Waals surface area contributed by atoms with Gasteiger partial charge in [0.25, 0.3) is 0 Å². The van der Waals surface area contributed by atoms with Gasteiger partial charge in [-0.3, -0.25) is 19.5 Å². The maximum Gasteiger partial charge on any atom is 0.321 e. The van der Waals surface area contributed by atoms with E-state index in [2.05, 4.69) is 26.1 Å². The highest BCUT2D eigenvalue weighted by Crippen LogP contribution is 2.41. The predicted octanol–water partition coefficient (Wildman–Crippen LogP) is 2.18. The molecule has 2 saturated carbocycles. The Morgan fingerprint density at radius 1 is 1.17 bits per heavy atom. The van der Waals surface area contributed by atoms with Gasteiger partial charge < -0.3 is 10.6 Å². The normalized spacial score (nSPS) is 15.6. The fourth-order valence-electron chi connectivity index (χ4n) is 2.89. The summed E-state index contributed by atoms with van der Waals surface area (Å²) in [4.78, 5) is 35.2. The van der Waals surface area contributed by atoms with Gasteiger partial charge in [-0.05, 0) is 43.9 Å². The quantitative estimate of drug-likeness (QED) is 0.598. The molecule has 152 valence electrons. The minimum absolute atomic E-state index is 0.0479. The minimum atomic E-state index is -0.457. The molecule has 29 heavy (non-hydrogen) atoms. The molecule has 0 spiro atoms. The number of hydrogen-bond donors (Lipinski definition) is 3. The standard InChI is InChI=1S/C19H22N6O3S/c1-11(26)20-14-3-2-4-15(9-14)25-17(12-5-6-12)23-24-19(25)29-10-16(27)22-18(28)21-13-7-8-13/h2-4,9,12-13H,5-8,10H2,1H3,(H,20,26)(H2,21,22,27,28). The van der Waals surface area contributed by atoms with Gasteiger partial charge in [0.05, 0.1) is 11.4 Å². The zero-order chi connectivity index (χ0) is 20.4. The van der Waals surface area contributed by atoms with Gasteiger partial charge in [0.1, 0.15) is 5.82 Å². The van der Waals surface area contributed by atoms with Crippen molar-refractivity contribution in [1.29, 1.82) is 0 Å². The van der Waals surface area contributed by atoms with Gasteiger partial charge in [0.15, 0.2) is 5.16 Å². The van der Waals surface area contributed by atoms with E-state index in [4.69, 9.17) is 0 Å². The number of carbonyl (C=O) groups excluding carboxylic acids is 3. The van der Waals surface area contributed by atoms with Gasteiger partial charge in [0, 0.05) is 24.6 Å². The number of rotatable bonds is 7. The maximum absolute atomic E-state index is 12.1. The highest BCUT2D eigenvalue weighted by atomic mass is 32.2. The first-order chi connectivity index (χ1) is 14.0. The molecule has 0 aliphatic heterocycles. The summed E-state index contributed by atoms with van der Waals surface area (Å²) in [5.41, 5.74) is 1.49. The summed E-state index contributed by atoms with van der Waals surface area (Å²) in [6.45, 7) is 1.46. The molecule has 0 saturated heterocycles. The van der Waals surface area contributed by atoms with Crippen molar-refractivity contribution >= 4 is 35.3 Å². The topological polar surface area (TPSA) is 118 Å². The van der Waals surface area contributed by atoms with Crippen molar-refractivity contribution in [1.82, 2.24) is 25.4 Å². The second kappa shape index (κ2) is 8.24. The van der Waals surface area contributed by atoms with Crippen LogP contribution in [0.15, 0.2) is 29.4 Å². The molecule has 10 heteroatoms. The van der Waals surface area contributed by atoms with E-state index in [0.29, 0.717) is 16.8 Å². The Kier molecular flexibility index (Phi) is 5.52. The molecule has 2 fully saturated rings. The van der Waals surface area contributed by atoms with Crippen LogP contribution in [0.3, 0.4) is 0 Å². The fourth-order valence-corrected chi connectivity index (χ4v) is 3.65. The van der Waals surface area contributed by atoms with E-state index >= 15 is 0 Å². The lowest BCUT2D eigenvalue weighted by Crippen LogP contribution is -2.41. The van der Waals surface area contributed by atoms with Crippen LogP contribution in [-0.4, -0.2) is 44.4 Å². The molecular formula is C19H22N6O3S. The average molecular weight is 414 g/mol. The average Bonchev–Trinajstić information content (AvgIpc) is 3.59. The Morgan fingerprint density at radius 3 is 2.66 bits per heavy atom. The summed E-state index contributed by atoms with van der Waals surface area (Å²) in [5, 5.41) is 17.0. The number of hydrogen-bond acceptors (Lipinski definition) is 6. The van der Waals surface area contributed by atoms with Crippen LogP contribution in [0.25, 0.3) is 5.69 Å². The SMILES string of the molecule is CC(=O)Nc1cccc(-n2c(SCC(=O)NC(=O)NC3CC3)nnc2C2CC2)c1. The molecule has 0 unspecified atom stereocenters. The van der Waals surface area contributed by atoms with E-state index in [0.717, 1.165) is 37.2 Å². The van der Waals surface area contributed by atoms with Crippen LogP contribution in [0.2, 0.25) is 0 Å². The number of benzene rings is 1. The third-order valence-electron chi connectivity index (χ3n) is 4.52. The highest BCUT2D eigenvalue weighted by Gasteiger charge is 2.31. The summed E-state index contributed by atoms with van der Waals surface area (Å²) in [6, 6.07) is 7.15. The van der Waals surface area contributed by atoms with Gasteiger partial charge >= 0.3 is 6.03 Å². The van der Waals surface area contributed by atoms with Crippen molar-refractivity contribution in [2.45, 2.75) is 49.7 Å². The van der Waals surface area contributed by atoms with Gasteiger partial charge in [0.2, 0.25) is 11.8 Å². The third-order valence-corrected chi connectivity index (χ3v) is 5.45. The molecule has 1 heterocycles. The first kappa shape index (κ1) is 19.4. The van der Waals surface area contributed by atoms with E-state index in [1.165, 1.54) is 18.7 Å². The summed E-state index contributed by atoms with van der Waals surface area (Å²) in [7, 11) is 0. The van der Waals surface area contributed by atoms with Gasteiger partial charge in [-0.15, -0.1) is 10.2 Å². The summed E-state index contributed by atoms with van der Waals surface area (Å²) in [6.07, 6.45) is 4.02. The number of urea groups is 1. The molecule has 2 aromatic rings. The number of carbonyl (C=O) groups is 3. The van der Waals surface area contributed by atoms with E-state index in [1.54, 1.807) is 0 Å². The third kappa shape index (κ3) is 5.14. The highest BCUT2D eigenvalue weighted by molar-refractivity contribution is 7.99. The minimum Gasteiger partial charge on any atom is -0.335 e. The lowest BCUT2D eigenvalue weighted by molar-refractivity contribution is -0.117. The summed E-state index contributed by atoms with van der Waals surface area (Å²) < 4.78 is 1.92. The van der Waals surface area contributed by atoms with Crippen molar-refractivity contribution in [2.24, 2.45) is 0 Å². The Bertz CT molecular complexity index is 951. The van der Waals surface area contributed by atoms with E-state index in [1.807, 2.05) is 28.8 Å². The van der Waals surface area contributed by atoms with E-state index in [9.17, 15) is 14.4 Å². The van der Waals surface area contributed by atoms with Gasteiger partial charge in [-0.2, -0.15) is 0 Å². The number of thioether (sulfide) groups is 1. The van der Waals surface area contributed by atoms with Crippen molar-refractivity contribution in [3.8, 4) is 5.69 Å². The van der Waals surface area contributed by atoms with Crippen LogP contribution in [0.4, 0.5) is 10.5 Å². The summed E-state index contributed by atoms with van der Waals surface area (Å²) >= 11 is 1.22. The molecule has 0 atom stereocenters.